The van der Waals surface area contributed by atoms with Gasteiger partial charge in [-0.05, 0) is 70.6 Å². The molecule has 1 aliphatic rings. The van der Waals surface area contributed by atoms with Gasteiger partial charge in [-0.2, -0.15) is 0 Å². The normalized spacial score (nSPS) is 15.2. The molecule has 0 atom stereocenters. The predicted octanol–water partition coefficient (Wildman–Crippen LogP) is 5.84. The number of piperazine rings is 1. The van der Waals surface area contributed by atoms with Gasteiger partial charge in [-0.15, -0.1) is 0 Å². The molecule has 2 aromatic carbocycles. The second-order valence-corrected chi connectivity index (χ2v) is 8.62. The van der Waals surface area contributed by atoms with Crippen LogP contribution in [0.1, 0.15) is 25.0 Å². The van der Waals surface area contributed by atoms with Crippen molar-refractivity contribution in [3.05, 3.63) is 83.9 Å². The van der Waals surface area contributed by atoms with Gasteiger partial charge in [0.05, 0.1) is 0 Å². The third-order valence-corrected chi connectivity index (χ3v) is 5.66. The average Bonchev–Trinajstić information content (AvgIpc) is 2.78. The number of anilines is 1. The van der Waals surface area contributed by atoms with Crippen LogP contribution in [0.25, 0.3) is 23.3 Å². The topological polar surface area (TPSA) is 19.4 Å². The van der Waals surface area contributed by atoms with Crippen molar-refractivity contribution in [2.45, 2.75) is 13.8 Å². The van der Waals surface area contributed by atoms with E-state index in [2.05, 4.69) is 52.9 Å². The summed E-state index contributed by atoms with van der Waals surface area (Å²) < 4.78 is 14.1. The largest absolute Gasteiger partial charge is 0.369 e. The van der Waals surface area contributed by atoms with Gasteiger partial charge in [0.1, 0.15) is 5.82 Å². The first-order chi connectivity index (χ1) is 15.1. The van der Waals surface area contributed by atoms with Gasteiger partial charge in [-0.25, -0.2) is 4.39 Å². The minimum Gasteiger partial charge on any atom is -0.369 e. The van der Waals surface area contributed by atoms with Gasteiger partial charge < -0.3 is 4.90 Å². The van der Waals surface area contributed by atoms with E-state index in [1.165, 1.54) is 12.2 Å². The zero-order valence-corrected chi connectivity index (χ0v) is 18.3. The molecule has 0 unspecified atom stereocenters. The lowest BCUT2D eigenvalue weighted by atomic mass is 10.0. The van der Waals surface area contributed by atoms with Gasteiger partial charge in [-0.1, -0.05) is 38.1 Å². The number of rotatable bonds is 6. The third-order valence-electron chi connectivity index (χ3n) is 5.66. The number of halogens is 1. The van der Waals surface area contributed by atoms with Gasteiger partial charge in [0.2, 0.25) is 0 Å². The van der Waals surface area contributed by atoms with Crippen LogP contribution in [0, 0.1) is 11.7 Å². The zero-order chi connectivity index (χ0) is 21.6. The maximum atomic E-state index is 14.1. The lowest BCUT2D eigenvalue weighted by molar-refractivity contribution is 0.231. The number of hydrogen-bond donors (Lipinski definition) is 0. The Morgan fingerprint density at radius 1 is 0.839 bits per heavy atom. The Balaban J connectivity index is 1.41. The van der Waals surface area contributed by atoms with Crippen molar-refractivity contribution in [2.75, 3.05) is 37.6 Å². The fourth-order valence-electron chi connectivity index (χ4n) is 4.11. The highest BCUT2D eigenvalue weighted by Crippen LogP contribution is 2.23. The van der Waals surface area contributed by atoms with Gasteiger partial charge in [0.15, 0.2) is 0 Å². The Morgan fingerprint density at radius 2 is 1.52 bits per heavy atom. The Hall–Kier alpha value is -2.98. The molecule has 1 aliphatic heterocycles. The Labute approximate surface area is 184 Å². The molecule has 0 spiro atoms. The summed E-state index contributed by atoms with van der Waals surface area (Å²) in [5.74, 6) is 0.484. The molecular weight excluding hydrogens is 385 g/mol. The van der Waals surface area contributed by atoms with Gasteiger partial charge in [-0.3, -0.25) is 9.88 Å². The van der Waals surface area contributed by atoms with E-state index in [4.69, 9.17) is 0 Å². The minimum absolute atomic E-state index is 0.235. The first-order valence-electron chi connectivity index (χ1n) is 11.0. The van der Waals surface area contributed by atoms with Gasteiger partial charge in [0.25, 0.3) is 0 Å². The SMILES string of the molecule is CC(C)CN1CCN(c2ccc(/C=C/c3cc(F)cc(-c4ccncc4)c3)cc2)CC1. The van der Waals surface area contributed by atoms with Crippen LogP contribution in [0.3, 0.4) is 0 Å². The molecule has 0 bridgehead atoms. The van der Waals surface area contributed by atoms with Crippen LogP contribution in [0.5, 0.6) is 0 Å². The van der Waals surface area contributed by atoms with E-state index in [1.54, 1.807) is 24.5 Å². The first kappa shape index (κ1) is 21.3. The molecule has 4 rings (SSSR count). The van der Waals surface area contributed by atoms with E-state index in [1.807, 2.05) is 30.4 Å². The standard InChI is InChI=1S/C27H30FN3/c1-21(2)20-30-13-15-31(16-14-30)27-7-5-22(6-8-27)3-4-23-17-25(19-26(28)18-23)24-9-11-29-12-10-24/h3-12,17-19,21H,13-16,20H2,1-2H3/b4-3+. The van der Waals surface area contributed by atoms with Crippen LogP contribution in [-0.4, -0.2) is 42.6 Å². The van der Waals surface area contributed by atoms with Crippen LogP contribution in [0.15, 0.2) is 67.0 Å². The maximum absolute atomic E-state index is 14.1. The highest BCUT2D eigenvalue weighted by Gasteiger charge is 2.17. The highest BCUT2D eigenvalue weighted by atomic mass is 19.1. The fraction of sp³-hybridized carbons (Fsp3) is 0.296. The molecular formula is C27H30FN3. The molecule has 0 saturated carbocycles. The van der Waals surface area contributed by atoms with Crippen LogP contribution >= 0.6 is 0 Å². The van der Waals surface area contributed by atoms with E-state index < -0.39 is 0 Å². The fourth-order valence-corrected chi connectivity index (χ4v) is 4.11. The lowest BCUT2D eigenvalue weighted by Gasteiger charge is -2.36. The molecule has 31 heavy (non-hydrogen) atoms. The summed E-state index contributed by atoms with van der Waals surface area (Å²) in [5, 5.41) is 0. The van der Waals surface area contributed by atoms with Crippen LogP contribution < -0.4 is 4.90 Å². The average molecular weight is 416 g/mol. The van der Waals surface area contributed by atoms with Crippen molar-refractivity contribution < 1.29 is 4.39 Å². The molecule has 0 aliphatic carbocycles. The summed E-state index contributed by atoms with van der Waals surface area (Å²) in [5.41, 5.74) is 5.04. The molecule has 0 amide bonds. The molecule has 160 valence electrons. The monoisotopic (exact) mass is 415 g/mol. The van der Waals surface area contributed by atoms with Gasteiger partial charge in [0, 0.05) is 50.8 Å². The van der Waals surface area contributed by atoms with E-state index in [-0.39, 0.29) is 5.82 Å². The van der Waals surface area contributed by atoms with Crippen molar-refractivity contribution in [2.24, 2.45) is 5.92 Å². The molecule has 1 fully saturated rings. The summed E-state index contributed by atoms with van der Waals surface area (Å²) in [6.07, 6.45) is 7.45. The van der Waals surface area contributed by atoms with Crippen molar-refractivity contribution in [1.82, 2.24) is 9.88 Å². The van der Waals surface area contributed by atoms with Crippen molar-refractivity contribution in [1.29, 1.82) is 0 Å². The molecule has 3 aromatic rings. The number of pyridine rings is 1. The second-order valence-electron chi connectivity index (χ2n) is 8.62. The van der Waals surface area contributed by atoms with Gasteiger partial charge >= 0.3 is 0 Å². The van der Waals surface area contributed by atoms with Crippen molar-refractivity contribution in [3.63, 3.8) is 0 Å². The third kappa shape index (κ3) is 5.80. The van der Waals surface area contributed by atoms with Crippen LogP contribution in [0.2, 0.25) is 0 Å². The lowest BCUT2D eigenvalue weighted by Crippen LogP contribution is -2.47. The molecule has 1 aromatic heterocycles. The summed E-state index contributed by atoms with van der Waals surface area (Å²) >= 11 is 0. The Bertz CT molecular complexity index is 1000. The summed E-state index contributed by atoms with van der Waals surface area (Å²) in [6, 6.07) is 17.5. The zero-order valence-electron chi connectivity index (χ0n) is 18.3. The molecule has 2 heterocycles. The molecule has 1 saturated heterocycles. The molecule has 0 N–H and O–H groups in total. The number of hydrogen-bond acceptors (Lipinski definition) is 3. The smallest absolute Gasteiger partial charge is 0.124 e. The predicted molar refractivity (Wildman–Crippen MR) is 128 cm³/mol. The van der Waals surface area contributed by atoms with E-state index in [0.717, 1.165) is 54.4 Å². The quantitative estimate of drug-likeness (QED) is 0.472. The van der Waals surface area contributed by atoms with Crippen LogP contribution in [0.4, 0.5) is 10.1 Å². The highest BCUT2D eigenvalue weighted by molar-refractivity contribution is 5.74. The maximum Gasteiger partial charge on any atom is 0.124 e. The molecule has 0 radical (unpaired) electrons. The van der Waals surface area contributed by atoms with E-state index in [9.17, 15) is 4.39 Å². The van der Waals surface area contributed by atoms with E-state index in [0.29, 0.717) is 0 Å². The minimum atomic E-state index is -0.235. The second kappa shape index (κ2) is 9.88. The van der Waals surface area contributed by atoms with E-state index >= 15 is 0 Å². The number of nitrogens with zero attached hydrogens (tertiary/aromatic N) is 3. The number of aromatic nitrogens is 1. The Morgan fingerprint density at radius 3 is 2.19 bits per heavy atom. The van der Waals surface area contributed by atoms with Crippen molar-refractivity contribution >= 4 is 17.8 Å². The molecule has 4 heteroatoms. The summed E-state index contributed by atoms with van der Waals surface area (Å²) in [7, 11) is 0. The van der Waals surface area contributed by atoms with Crippen LogP contribution in [-0.2, 0) is 0 Å². The first-order valence-corrected chi connectivity index (χ1v) is 11.0. The molecule has 3 nitrogen and oxygen atoms in total. The number of benzene rings is 2. The summed E-state index contributed by atoms with van der Waals surface area (Å²) in [4.78, 5) is 9.04. The summed E-state index contributed by atoms with van der Waals surface area (Å²) in [6.45, 7) is 10.1. The Kier molecular flexibility index (Phi) is 6.78. The van der Waals surface area contributed by atoms with Crippen molar-refractivity contribution in [3.8, 4) is 11.1 Å².